The summed E-state index contributed by atoms with van der Waals surface area (Å²) in [7, 11) is 6.15. The number of aliphatic imine (C=N–C) groups is 1. The van der Waals surface area contributed by atoms with Crippen molar-refractivity contribution in [2.75, 3.05) is 79.1 Å². The molecule has 9 heterocycles. The Balaban J connectivity index is 0.000000267. The summed E-state index contributed by atoms with van der Waals surface area (Å²) < 4.78 is 23.9. The van der Waals surface area contributed by atoms with Crippen LogP contribution in [0.1, 0.15) is 80.8 Å². The fraction of sp³-hybridized carbons (Fsp3) is 0.460. The first-order chi connectivity index (χ1) is 37.6. The van der Waals surface area contributed by atoms with Crippen molar-refractivity contribution in [3.8, 4) is 5.75 Å². The monoisotopic (exact) mass is 1060 g/mol. The van der Waals surface area contributed by atoms with Crippen LogP contribution in [0.4, 0.5) is 11.4 Å². The quantitative estimate of drug-likeness (QED) is 0.0948. The van der Waals surface area contributed by atoms with Crippen molar-refractivity contribution in [2.45, 2.75) is 99.5 Å². The van der Waals surface area contributed by atoms with Crippen LogP contribution in [-0.4, -0.2) is 157 Å². The molecule has 3 aromatic carbocycles. The Labute approximate surface area is 456 Å². The summed E-state index contributed by atoms with van der Waals surface area (Å²) in [5.74, 6) is -1.56. The highest BCUT2D eigenvalue weighted by Gasteiger charge is 2.80. The van der Waals surface area contributed by atoms with Gasteiger partial charge in [-0.3, -0.25) is 19.4 Å². The van der Waals surface area contributed by atoms with Gasteiger partial charge < -0.3 is 43.9 Å². The van der Waals surface area contributed by atoms with Crippen molar-refractivity contribution >= 4 is 51.5 Å². The lowest BCUT2D eigenvalue weighted by atomic mass is 9.47. The molecular weight excluding hydrogens is 985 g/mol. The van der Waals surface area contributed by atoms with Gasteiger partial charge in [-0.2, -0.15) is 0 Å². The van der Waals surface area contributed by atoms with Crippen molar-refractivity contribution in [2.24, 2.45) is 16.3 Å². The second kappa shape index (κ2) is 19.2. The van der Waals surface area contributed by atoms with E-state index in [1.54, 1.807) is 7.11 Å². The fourth-order valence-electron chi connectivity index (χ4n) is 16.2. The standard InChI is InChI=1S/C46H58N4O9.C17H14N2/c1-8-42(54)23-28-24-45(40(52)57-6,36-30(15-19-49(25-28)26-42)29-13-10-11-14-33(29)47-36)32-21-31-34(22-35(32)56-5)48(4)38-44(31)17-20-50-18-12-16-43(9-2,37(44)50)39(59-27(3)51)46(38,55)41(53)58-7;1-2-6-16-14(5-1)15-9-11-19-10-3-4-13(12-19)7-8-17(15)18-16/h10-14,16,21-22,28,37-39,47,54-55H,8-9,15,17-20,23-26H2,1-7H3;1-10H,11-12H2/b;8-7-,15-9-/t28-,37+,38-,39-,42+,43-,44-,45+,46+;/m1./s1. The Morgan fingerprint density at radius 1 is 0.897 bits per heavy atom. The van der Waals surface area contributed by atoms with Crippen LogP contribution in [0.5, 0.6) is 5.75 Å². The molecule has 4 bridgehead atoms. The number of fused-ring (bicyclic) bond motifs is 11. The molecule has 3 fully saturated rings. The normalized spacial score (nSPS) is 33.8. The van der Waals surface area contributed by atoms with Crippen LogP contribution < -0.4 is 9.64 Å². The van der Waals surface area contributed by atoms with Crippen LogP contribution in [0.2, 0.25) is 0 Å². The van der Waals surface area contributed by atoms with Crippen molar-refractivity contribution in [3.63, 3.8) is 0 Å². The average Bonchev–Trinajstić information content (AvgIpc) is 2.34. The molecule has 1 unspecified atom stereocenters. The van der Waals surface area contributed by atoms with E-state index in [1.807, 2.05) is 56.1 Å². The zero-order valence-electron chi connectivity index (χ0n) is 45.9. The van der Waals surface area contributed by atoms with E-state index in [4.69, 9.17) is 23.9 Å². The molecule has 9 aliphatic rings. The number of carbonyl (C=O) groups is 3. The van der Waals surface area contributed by atoms with E-state index in [-0.39, 0.29) is 12.0 Å². The third kappa shape index (κ3) is 7.58. The number of nitrogens with zero attached hydrogens (tertiary/aromatic N) is 5. The Kier molecular flexibility index (Phi) is 12.8. The number of methoxy groups -OCH3 is 3. The van der Waals surface area contributed by atoms with E-state index in [0.717, 1.165) is 57.9 Å². The number of nitrogens with one attached hydrogen (secondary N) is 1. The summed E-state index contributed by atoms with van der Waals surface area (Å²) in [5, 5.41) is 26.3. The molecule has 15 heteroatoms. The number of rotatable bonds is 7. The van der Waals surface area contributed by atoms with E-state index in [1.165, 1.54) is 37.9 Å². The summed E-state index contributed by atoms with van der Waals surface area (Å²) in [5.41, 5.74) is 4.37. The highest BCUT2D eigenvalue weighted by atomic mass is 16.6. The van der Waals surface area contributed by atoms with Crippen LogP contribution in [0.15, 0.2) is 120 Å². The Bertz CT molecular complexity index is 3320. The van der Waals surface area contributed by atoms with Gasteiger partial charge in [0.2, 0.25) is 5.60 Å². The number of aromatic nitrogens is 1. The molecule has 4 aromatic rings. The lowest BCUT2D eigenvalue weighted by molar-refractivity contribution is -0.228. The first-order valence-electron chi connectivity index (χ1n) is 27.8. The predicted molar refractivity (Wildman–Crippen MR) is 300 cm³/mol. The average molecular weight is 1060 g/mol. The molecule has 1 saturated carbocycles. The van der Waals surface area contributed by atoms with Crippen LogP contribution >= 0.6 is 0 Å². The highest BCUT2D eigenvalue weighted by Crippen LogP contribution is 2.68. The first kappa shape index (κ1) is 51.9. The summed E-state index contributed by atoms with van der Waals surface area (Å²) >= 11 is 0. The van der Waals surface area contributed by atoms with Crippen molar-refractivity contribution in [3.05, 3.63) is 143 Å². The Morgan fingerprint density at radius 3 is 2.46 bits per heavy atom. The number of esters is 3. The minimum Gasteiger partial charge on any atom is -0.496 e. The number of anilines is 1. The van der Waals surface area contributed by atoms with Gasteiger partial charge in [-0.05, 0) is 104 Å². The maximum absolute atomic E-state index is 15.3. The van der Waals surface area contributed by atoms with E-state index in [0.29, 0.717) is 82.6 Å². The number of para-hydroxylation sites is 2. The fourth-order valence-corrected chi connectivity index (χ4v) is 16.2. The lowest BCUT2D eigenvalue weighted by Gasteiger charge is -2.63. The SMILES string of the molecule is C1=CN2C/C=C3\C(=Nc4ccccc43)/C=C\C(=C1)C2.CC[C@]1(O)C[C@H]2CN(CCc3c([nH]c4ccccc34)[C@@](C(=O)OC)(c3cc4c(cc3OC)N(C)[C@H]3[C@@](O)(C(=O)OC)[C@H](OC(C)=O)[C@]5(CC)C=CCN6CC[C@]43[C@@H]65)C2)C1. The van der Waals surface area contributed by atoms with Gasteiger partial charge >= 0.3 is 17.9 Å². The van der Waals surface area contributed by atoms with Gasteiger partial charge in [0.05, 0.1) is 44.4 Å². The Hall–Kier alpha value is -6.78. The van der Waals surface area contributed by atoms with E-state index < -0.39 is 57.5 Å². The van der Waals surface area contributed by atoms with Gasteiger partial charge in [0.15, 0.2) is 6.10 Å². The zero-order valence-corrected chi connectivity index (χ0v) is 45.9. The molecule has 0 radical (unpaired) electrons. The Morgan fingerprint density at radius 2 is 1.69 bits per heavy atom. The van der Waals surface area contributed by atoms with E-state index in [9.17, 15) is 19.8 Å². The summed E-state index contributed by atoms with van der Waals surface area (Å²) in [4.78, 5) is 60.2. The number of H-pyrrole nitrogens is 1. The number of allylic oxidation sites excluding steroid dienone is 4. The van der Waals surface area contributed by atoms with Crippen LogP contribution in [0.25, 0.3) is 16.5 Å². The molecule has 1 spiro atoms. The molecule has 10 atom stereocenters. The number of carbonyl (C=O) groups excluding carboxylic acids is 3. The summed E-state index contributed by atoms with van der Waals surface area (Å²) in [6.45, 7) is 10.5. The lowest BCUT2D eigenvalue weighted by Crippen LogP contribution is -2.81. The summed E-state index contributed by atoms with van der Waals surface area (Å²) in [6, 6.07) is 19.3. The van der Waals surface area contributed by atoms with Gasteiger partial charge in [-0.15, -0.1) is 0 Å². The number of ether oxygens (including phenoxy) is 4. The molecule has 0 amide bonds. The van der Waals surface area contributed by atoms with Gasteiger partial charge in [0.1, 0.15) is 11.2 Å². The zero-order chi connectivity index (χ0) is 54.5. The molecule has 1 aromatic heterocycles. The number of likely N-dealkylation sites (N-methyl/N-ethyl adjacent to an activating group) is 1. The van der Waals surface area contributed by atoms with Gasteiger partial charge in [0, 0.05) is 115 Å². The largest absolute Gasteiger partial charge is 0.496 e. The maximum Gasteiger partial charge on any atom is 0.344 e. The van der Waals surface area contributed by atoms with Gasteiger partial charge in [-0.1, -0.05) is 80.6 Å². The molecule has 13 rings (SSSR count). The molecule has 3 N–H and O–H groups in total. The third-order valence-corrected chi connectivity index (χ3v) is 19.3. The van der Waals surface area contributed by atoms with Crippen LogP contribution in [0.3, 0.4) is 0 Å². The second-order valence-corrected chi connectivity index (χ2v) is 23.2. The molecule has 408 valence electrons. The minimum atomic E-state index is -2.30. The number of aliphatic hydroxyl groups is 2. The molecule has 1 aliphatic carbocycles. The minimum absolute atomic E-state index is 0.0986. The molecular formula is C63H72N6O9. The molecule has 8 aliphatic heterocycles. The molecule has 15 nitrogen and oxygen atoms in total. The predicted octanol–water partition coefficient (Wildman–Crippen LogP) is 7.47. The number of aromatic amines is 1. The topological polar surface area (TPSA) is 170 Å². The first-order valence-corrected chi connectivity index (χ1v) is 27.8. The number of hydrogen-bond donors (Lipinski definition) is 3. The highest BCUT2D eigenvalue weighted by molar-refractivity contribution is 6.33. The second-order valence-electron chi connectivity index (χ2n) is 23.2. The smallest absolute Gasteiger partial charge is 0.344 e. The van der Waals surface area contributed by atoms with Gasteiger partial charge in [0.25, 0.3) is 0 Å². The molecule has 78 heavy (non-hydrogen) atoms. The third-order valence-electron chi connectivity index (χ3n) is 19.3. The number of hydrogen-bond acceptors (Lipinski definition) is 14. The number of benzene rings is 3. The van der Waals surface area contributed by atoms with E-state index >= 15 is 4.79 Å². The van der Waals surface area contributed by atoms with Gasteiger partial charge in [-0.25, -0.2) is 9.79 Å². The summed E-state index contributed by atoms with van der Waals surface area (Å²) in [6.07, 6.45) is 19.0. The maximum atomic E-state index is 15.3. The van der Waals surface area contributed by atoms with Crippen LogP contribution in [-0.2, 0) is 45.8 Å². The van der Waals surface area contributed by atoms with Crippen LogP contribution in [0, 0.1) is 11.3 Å². The van der Waals surface area contributed by atoms with E-state index in [2.05, 4.69) is 98.7 Å². The molecule has 2 saturated heterocycles. The number of piperidine rings is 1. The van der Waals surface area contributed by atoms with Crippen molar-refractivity contribution in [1.82, 2.24) is 19.7 Å². The van der Waals surface area contributed by atoms with Crippen molar-refractivity contribution < 1.29 is 43.5 Å². The van der Waals surface area contributed by atoms with Crippen molar-refractivity contribution in [1.29, 1.82) is 0 Å².